The zero-order valence-electron chi connectivity index (χ0n) is 62.8. The minimum Gasteiger partial charge on any atom is -0.431 e. The number of ketones is 13. The summed E-state index contributed by atoms with van der Waals surface area (Å²) in [5, 5.41) is 0. The number of hydrogen-bond acceptors (Lipinski definition) is 38. The van der Waals surface area contributed by atoms with Gasteiger partial charge >= 0.3 is 89.5 Å². The van der Waals surface area contributed by atoms with Gasteiger partial charge in [0.1, 0.15) is 40.5 Å². The van der Waals surface area contributed by atoms with Crippen molar-refractivity contribution in [1.82, 2.24) is 9.80 Å². The number of fused-ring (bicyclic) bond motifs is 18. The van der Waals surface area contributed by atoms with Gasteiger partial charge in [-0.05, 0) is 80.3 Å². The molecule has 121 heavy (non-hydrogen) atoms. The summed E-state index contributed by atoms with van der Waals surface area (Å²) in [6, 6.07) is 10.9. The van der Waals surface area contributed by atoms with Crippen LogP contribution in [0.5, 0.6) is 0 Å². The fourth-order valence-corrected chi connectivity index (χ4v) is 20.1. The predicted octanol–water partition coefficient (Wildman–Crippen LogP) is 0.0648. The molecular weight excluding hydrogens is 1600 g/mol. The Kier molecular flexibility index (Phi) is 20.6. The van der Waals surface area contributed by atoms with Crippen LogP contribution in [-0.2, 0) is 129 Å². The van der Waals surface area contributed by atoms with Gasteiger partial charge in [0.2, 0.25) is 0 Å². The lowest BCUT2D eigenvalue weighted by Crippen LogP contribution is -2.53. The van der Waals surface area contributed by atoms with Gasteiger partial charge < -0.3 is 37.9 Å². The maximum absolute atomic E-state index is 12.6. The number of rotatable bonds is 5. The van der Waals surface area contributed by atoms with Crippen molar-refractivity contribution in [3.05, 3.63) is 117 Å². The lowest BCUT2D eigenvalue weighted by atomic mass is 9.49. The molecule has 22 rings (SSSR count). The summed E-state index contributed by atoms with van der Waals surface area (Å²) in [5.41, 5.74) is 1.67. The fraction of sp³-hybridized carbons (Fsp3) is 0.422. The number of hydrogen-bond donors (Lipinski definition) is 0. The van der Waals surface area contributed by atoms with E-state index in [0.29, 0.717) is 56.5 Å². The number of ether oxygens (including phenoxy) is 8. The summed E-state index contributed by atoms with van der Waals surface area (Å²) in [6.45, 7) is 5.23. The van der Waals surface area contributed by atoms with Crippen LogP contribution in [0, 0.1) is 107 Å². The number of allylic oxidation sites excluding steroid dienone is 1. The number of carbonyl (C=O) groups excluding carboxylic acids is 28. The van der Waals surface area contributed by atoms with E-state index < -0.39 is 149 Å². The predicted molar refractivity (Wildman–Crippen MR) is 377 cm³/mol. The standard InChI is InChI=1S/C18H8O6.C13H12O5.C11H14N2O5.C11H10O5.C11H4O5.C10H8O5.C9H6O5/c19-14-7-15(20)12-5-8(1-3-10(12)14)16(21)9-2-4-11-13(6-9)18(23)24-17(11)22;14-8-3-9(15)5-2-7-6(1-4(5)8)10-11(7)13(17)18-12(10)16;14-8-3-9(15)5-12(4-8)1-2-13-6-10(16)18-11(17)7-13;2*12-8-3-9(13)5-2-7-6(1-4(5)8)10(14)16-11(7)15;1-3-4-2-5-7(6(4)9(12)14-3)10(13)15-8(5)11;10-2-1-3(11)5-4(2)6-7(5)9(13)14-8(6)12/h1-6H,7H2;4-7,10-11H,1-3H2;1-7H2;4-7H,1-3H2;1-2H,3H2;4-7H,1-2H2;4-7H,1H2. The molecule has 0 spiro atoms. The van der Waals surface area contributed by atoms with Gasteiger partial charge in [0, 0.05) is 87.9 Å². The second-order valence-corrected chi connectivity index (χ2v) is 32.5. The first-order chi connectivity index (χ1) is 57.4. The average molecular weight is 1660 g/mol. The van der Waals surface area contributed by atoms with Crippen LogP contribution < -0.4 is 0 Å². The zero-order chi connectivity index (χ0) is 86.4. The molecule has 620 valence electrons. The van der Waals surface area contributed by atoms with Crippen molar-refractivity contribution in [1.29, 1.82) is 0 Å². The van der Waals surface area contributed by atoms with Gasteiger partial charge in [-0.3, -0.25) is 125 Å². The SMILES string of the molecule is C=C1OC(=O)C2C1CC1C(=O)OC(=O)C12.O=C(c1ccc2c(c1)C(=O)CC2=O)c1ccc2c(c1)C(=O)OC2=O.O=C1CC(=O)C2C1C1C(=O)OC(=O)C21.O=C1CC(=O)C2CC3C(=O)OC(=O)C3CC12.O=C1CC(=O)C2CC3C(CC12)C1C(=O)OC(=O)C31.O=C1CC(=O)CN(CCN2CC(=O)OC(=O)C2)C1.O=C1CC(=O)c2cc3c(cc21)C(=O)OC3=O. The summed E-state index contributed by atoms with van der Waals surface area (Å²) in [5.74, 6) is -17.9. The van der Waals surface area contributed by atoms with Gasteiger partial charge in [-0.15, -0.1) is 0 Å². The van der Waals surface area contributed by atoms with Gasteiger partial charge in [0.15, 0.2) is 40.5 Å². The molecule has 3 aromatic carbocycles. The fourth-order valence-electron chi connectivity index (χ4n) is 20.1. The number of esters is 15. The molecule has 0 bridgehead atoms. The van der Waals surface area contributed by atoms with Gasteiger partial charge in [0.25, 0.3) is 0 Å². The second kappa shape index (κ2) is 30.7. The van der Waals surface area contributed by atoms with Crippen LogP contribution in [0.2, 0.25) is 0 Å². The van der Waals surface area contributed by atoms with Crippen molar-refractivity contribution in [3.8, 4) is 0 Å². The molecule has 10 aliphatic carbocycles. The molecule has 8 saturated carbocycles. The van der Waals surface area contributed by atoms with Crippen LogP contribution >= 0.6 is 0 Å². The van der Waals surface area contributed by atoms with Gasteiger partial charge in [-0.1, -0.05) is 18.7 Å². The quantitative estimate of drug-likeness (QED) is 0.141. The van der Waals surface area contributed by atoms with Gasteiger partial charge in [-0.25, -0.2) is 19.2 Å². The van der Waals surface area contributed by atoms with E-state index in [0.717, 1.165) is 0 Å². The van der Waals surface area contributed by atoms with E-state index in [2.05, 4.69) is 39.7 Å². The minimum atomic E-state index is -0.792. The van der Waals surface area contributed by atoms with Crippen LogP contribution in [0.4, 0.5) is 0 Å². The molecule has 0 N–H and O–H groups in total. The molecule has 15 fully saturated rings. The lowest BCUT2D eigenvalue weighted by molar-refractivity contribution is -0.167. The molecule has 9 heterocycles. The molecule has 0 radical (unpaired) electrons. The van der Waals surface area contributed by atoms with E-state index in [1.807, 2.05) is 0 Å². The van der Waals surface area contributed by atoms with Crippen molar-refractivity contribution in [2.24, 2.45) is 107 Å². The normalized spacial score (nSPS) is 32.2. The second-order valence-electron chi connectivity index (χ2n) is 32.5. The van der Waals surface area contributed by atoms with E-state index in [4.69, 9.17) is 4.74 Å². The molecule has 18 unspecified atom stereocenters. The number of nitrogens with zero attached hydrogens (tertiary/aromatic N) is 2. The molecule has 7 saturated heterocycles. The molecule has 19 aliphatic rings. The Hall–Kier alpha value is -13.5. The number of likely N-dealkylation sites (tertiary alicyclic amines) is 1. The van der Waals surface area contributed by atoms with Crippen molar-refractivity contribution in [2.45, 2.75) is 70.6 Å². The summed E-state index contributed by atoms with van der Waals surface area (Å²) in [7, 11) is 0. The highest BCUT2D eigenvalue weighted by molar-refractivity contribution is 6.28. The van der Waals surface area contributed by atoms with Crippen molar-refractivity contribution < 1.29 is 172 Å². The van der Waals surface area contributed by atoms with Gasteiger partial charge in [-0.2, -0.15) is 0 Å². The summed E-state index contributed by atoms with van der Waals surface area (Å²) in [4.78, 5) is 324. The third-order valence-corrected chi connectivity index (χ3v) is 25.8. The van der Waals surface area contributed by atoms with E-state index in [1.165, 1.54) is 48.5 Å². The monoisotopic (exact) mass is 1660 g/mol. The molecule has 0 amide bonds. The molecule has 9 aliphatic heterocycles. The summed E-state index contributed by atoms with van der Waals surface area (Å²) >= 11 is 0. The van der Waals surface area contributed by atoms with E-state index in [1.54, 1.807) is 9.80 Å². The Balaban J connectivity index is 0.000000106. The number of carbonyl (C=O) groups is 28. The topological polar surface area (TPSA) is 558 Å². The van der Waals surface area contributed by atoms with Crippen molar-refractivity contribution in [2.75, 3.05) is 39.3 Å². The first kappa shape index (κ1) is 81.2. The van der Waals surface area contributed by atoms with Crippen LogP contribution in [0.15, 0.2) is 60.9 Å². The van der Waals surface area contributed by atoms with Crippen LogP contribution in [-0.4, -0.2) is 214 Å². The first-order valence-electron chi connectivity index (χ1n) is 38.4. The van der Waals surface area contributed by atoms with Crippen LogP contribution in [0.25, 0.3) is 0 Å². The maximum atomic E-state index is 12.6. The highest BCUT2D eigenvalue weighted by atomic mass is 16.6. The number of piperidine rings is 1. The highest BCUT2D eigenvalue weighted by Gasteiger charge is 2.71. The molecule has 3 aromatic rings. The minimum absolute atomic E-state index is 0.0181. The largest absolute Gasteiger partial charge is 0.431 e. The van der Waals surface area contributed by atoms with Crippen LogP contribution in [0.3, 0.4) is 0 Å². The third kappa shape index (κ3) is 14.3. The van der Waals surface area contributed by atoms with Crippen molar-refractivity contribution in [3.63, 3.8) is 0 Å². The number of cyclic esters (lactones) is 15. The Morgan fingerprint density at radius 2 is 0.620 bits per heavy atom. The maximum Gasteiger partial charge on any atom is 0.346 e. The number of morpholine rings is 1. The molecule has 18 atom stereocenters. The summed E-state index contributed by atoms with van der Waals surface area (Å²) in [6.07, 6.45) is 1.77. The van der Waals surface area contributed by atoms with E-state index >= 15 is 0 Å². The Morgan fingerprint density at radius 1 is 0.281 bits per heavy atom. The molecule has 38 heteroatoms. The smallest absolute Gasteiger partial charge is 0.346 e. The highest BCUT2D eigenvalue weighted by Crippen LogP contribution is 2.61. The van der Waals surface area contributed by atoms with Gasteiger partial charge in [0.05, 0.1) is 140 Å². The third-order valence-electron chi connectivity index (χ3n) is 25.8. The van der Waals surface area contributed by atoms with E-state index in [9.17, 15) is 134 Å². The average Bonchev–Trinajstić information content (AvgIpc) is 1.53. The first-order valence-corrected chi connectivity index (χ1v) is 38.4. The number of benzene rings is 3. The Morgan fingerprint density at radius 3 is 1.10 bits per heavy atom. The lowest BCUT2D eigenvalue weighted by Gasteiger charge is -2.50. The Labute approximate surface area is 676 Å². The number of Topliss-reactive ketones (excluding diaryl/α,β-unsaturated/α-hetero) is 12. The molecule has 38 nitrogen and oxygen atoms in total. The zero-order valence-corrected chi connectivity index (χ0v) is 62.8. The van der Waals surface area contributed by atoms with E-state index in [-0.39, 0.29) is 237 Å². The Bertz CT molecular complexity index is 5070. The van der Waals surface area contributed by atoms with Crippen LogP contribution in [0.1, 0.15) is 169 Å². The van der Waals surface area contributed by atoms with Crippen molar-refractivity contribution >= 4 is 165 Å². The molecular formula is C83H62N2O36. The summed E-state index contributed by atoms with van der Waals surface area (Å²) < 4.78 is 36.3. The molecule has 0 aromatic heterocycles.